The SMILES string of the molecule is CC1=[C-]C(C)C(C)=C1C.Cc1ccc(-c2c[cH-]c3ccccc23)cc1.Cl.Cl.[CH3-].[CH3-].[Si]=[Zr]. The number of rotatable bonds is 1. The van der Waals surface area contributed by atoms with Crippen LogP contribution in [-0.4, -0.2) is 6.88 Å². The van der Waals surface area contributed by atoms with Crippen molar-refractivity contribution in [2.24, 2.45) is 5.92 Å². The summed E-state index contributed by atoms with van der Waals surface area (Å²) in [6.45, 7) is 13.8. The molecule has 0 saturated carbocycles. The molecule has 0 aliphatic heterocycles. The first kappa shape index (κ1) is 34.8. The first-order valence-electron chi connectivity index (χ1n) is 9.21. The Morgan fingerprint density at radius 2 is 1.42 bits per heavy atom. The van der Waals surface area contributed by atoms with Crippen LogP contribution in [0.3, 0.4) is 0 Å². The van der Waals surface area contributed by atoms with Gasteiger partial charge in [0, 0.05) is 0 Å². The summed E-state index contributed by atoms with van der Waals surface area (Å²) in [5, 5.41) is 2.66. The average molecular weight is 549 g/mol. The molecule has 0 nitrogen and oxygen atoms in total. The Morgan fingerprint density at radius 1 is 0.871 bits per heavy atom. The van der Waals surface area contributed by atoms with Gasteiger partial charge in [-0.1, -0.05) is 68.1 Å². The molecule has 168 valence electrons. The van der Waals surface area contributed by atoms with Crippen LogP contribution in [0.15, 0.2) is 77.4 Å². The predicted octanol–water partition coefficient (Wildman–Crippen LogP) is 8.62. The molecule has 0 aromatic heterocycles. The molecule has 0 heterocycles. The van der Waals surface area contributed by atoms with E-state index >= 15 is 0 Å². The summed E-state index contributed by atoms with van der Waals surface area (Å²) in [5.74, 6) is 0.560. The van der Waals surface area contributed by atoms with Crippen molar-refractivity contribution in [1.29, 1.82) is 0 Å². The van der Waals surface area contributed by atoms with Crippen LogP contribution in [0.5, 0.6) is 0 Å². The summed E-state index contributed by atoms with van der Waals surface area (Å²) in [7, 11) is 0. The minimum atomic E-state index is 0. The summed E-state index contributed by atoms with van der Waals surface area (Å²) in [5.41, 5.74) is 8.18. The van der Waals surface area contributed by atoms with Gasteiger partial charge in [0.1, 0.15) is 0 Å². The zero-order valence-electron chi connectivity index (χ0n) is 19.7. The van der Waals surface area contributed by atoms with Crippen LogP contribution in [0.4, 0.5) is 0 Å². The molecule has 0 bridgehead atoms. The minimum absolute atomic E-state index is 0. The van der Waals surface area contributed by atoms with E-state index in [4.69, 9.17) is 0 Å². The zero-order valence-corrected chi connectivity index (χ0v) is 24.8. The molecule has 3 aromatic rings. The van der Waals surface area contributed by atoms with Gasteiger partial charge in [-0.15, -0.1) is 78.4 Å². The molecule has 0 fully saturated rings. The maximum absolute atomic E-state index is 3.36. The van der Waals surface area contributed by atoms with E-state index in [1.54, 1.807) is 0 Å². The van der Waals surface area contributed by atoms with Crippen LogP contribution in [0.25, 0.3) is 21.9 Å². The Bertz CT molecular complexity index is 968. The van der Waals surface area contributed by atoms with E-state index in [0.717, 1.165) is 0 Å². The molecule has 2 radical (unpaired) electrons. The van der Waals surface area contributed by atoms with Crippen molar-refractivity contribution in [2.75, 3.05) is 0 Å². The zero-order chi connectivity index (χ0) is 20.0. The number of benzene rings is 2. The van der Waals surface area contributed by atoms with Gasteiger partial charge in [0.05, 0.1) is 0 Å². The van der Waals surface area contributed by atoms with Gasteiger partial charge in [-0.3, -0.25) is 6.08 Å². The van der Waals surface area contributed by atoms with Gasteiger partial charge in [0.15, 0.2) is 0 Å². The van der Waals surface area contributed by atoms with E-state index in [0.29, 0.717) is 5.92 Å². The Morgan fingerprint density at radius 3 is 1.87 bits per heavy atom. The summed E-state index contributed by atoms with van der Waals surface area (Å²) in [6, 6.07) is 21.6. The maximum atomic E-state index is 3.36. The van der Waals surface area contributed by atoms with Crippen LogP contribution in [0, 0.1) is 33.8 Å². The van der Waals surface area contributed by atoms with Gasteiger partial charge < -0.3 is 14.9 Å². The molecule has 0 spiro atoms. The monoisotopic (exact) mass is 546 g/mol. The van der Waals surface area contributed by atoms with Crippen LogP contribution in [0.2, 0.25) is 0 Å². The van der Waals surface area contributed by atoms with E-state index < -0.39 is 0 Å². The molecule has 3 aromatic carbocycles. The van der Waals surface area contributed by atoms with Crippen molar-refractivity contribution in [3.63, 3.8) is 0 Å². The van der Waals surface area contributed by atoms with Crippen LogP contribution in [-0.2, 0) is 23.3 Å². The molecule has 1 aliphatic carbocycles. The van der Waals surface area contributed by atoms with Crippen LogP contribution in [0.1, 0.15) is 33.3 Å². The molecule has 31 heavy (non-hydrogen) atoms. The van der Waals surface area contributed by atoms with Crippen LogP contribution < -0.4 is 0 Å². The second-order valence-corrected chi connectivity index (χ2v) is 7.00. The third kappa shape index (κ3) is 8.93. The summed E-state index contributed by atoms with van der Waals surface area (Å²) in [4.78, 5) is 0. The first-order chi connectivity index (χ1) is 13.0. The van der Waals surface area contributed by atoms with E-state index in [-0.39, 0.29) is 39.7 Å². The molecular formula is C27H34Cl2SiZr-4. The predicted molar refractivity (Wildman–Crippen MR) is 143 cm³/mol. The molecule has 0 amide bonds. The van der Waals surface area contributed by atoms with E-state index in [1.165, 1.54) is 67.5 Å². The number of aryl methyl sites for hydroxylation is 1. The Kier molecular flexibility index (Phi) is 18.9. The fourth-order valence-corrected chi connectivity index (χ4v) is 3.30. The molecule has 1 aliphatic rings. The van der Waals surface area contributed by atoms with Crippen LogP contribution >= 0.6 is 24.8 Å². The Balaban J connectivity index is -0.000000460. The number of hydrogen-bond acceptors (Lipinski definition) is 0. The molecule has 1 unspecified atom stereocenters. The van der Waals surface area contributed by atoms with Gasteiger partial charge >= 0.3 is 30.2 Å². The fourth-order valence-electron chi connectivity index (χ4n) is 3.30. The molecule has 0 N–H and O–H groups in total. The van der Waals surface area contributed by atoms with E-state index in [1.807, 2.05) is 0 Å². The molecular weight excluding hydrogens is 515 g/mol. The number of fused-ring (bicyclic) bond motifs is 1. The van der Waals surface area contributed by atoms with Crippen molar-refractivity contribution in [2.45, 2.75) is 34.6 Å². The number of halogens is 2. The number of hydrogen-bond donors (Lipinski definition) is 0. The van der Waals surface area contributed by atoms with E-state index in [9.17, 15) is 0 Å². The normalized spacial score (nSPS) is 13.5. The van der Waals surface area contributed by atoms with Gasteiger partial charge in [0.25, 0.3) is 0 Å². The first-order valence-corrected chi connectivity index (χ1v) is 13.4. The summed E-state index contributed by atoms with van der Waals surface area (Å²) in [6.07, 6.45) is 3.36. The number of allylic oxidation sites excluding steroid dienone is 4. The third-order valence-electron chi connectivity index (χ3n) is 5.28. The summed E-state index contributed by atoms with van der Waals surface area (Å²) < 4.78 is 0. The molecule has 1 atom stereocenters. The van der Waals surface area contributed by atoms with Crippen molar-refractivity contribution < 1.29 is 23.3 Å². The second-order valence-electron chi connectivity index (χ2n) is 7.00. The van der Waals surface area contributed by atoms with Gasteiger partial charge in [-0.05, 0) is 6.92 Å². The average Bonchev–Trinajstić information content (AvgIpc) is 3.22. The Hall–Kier alpha value is -0.790. The Labute approximate surface area is 220 Å². The van der Waals surface area contributed by atoms with Crippen molar-refractivity contribution >= 4 is 42.5 Å². The van der Waals surface area contributed by atoms with Gasteiger partial charge in [0.2, 0.25) is 0 Å². The quantitative estimate of drug-likeness (QED) is 0.211. The molecule has 4 rings (SSSR count). The van der Waals surface area contributed by atoms with E-state index in [2.05, 4.69) is 108 Å². The standard InChI is InChI=1S/C16H13.C9H13.2CH3.2ClH.Si.Zr/c1-12-6-8-14(9-7-12)16-11-10-13-4-2-3-5-15(13)16;1-6-5-7(2)9(4)8(6)3;;;;;;/h2-11H,1H3;6H,1-4H3;2*1H3;2*1H;;/q4*-1;;;;. The third-order valence-corrected chi connectivity index (χ3v) is 5.28. The van der Waals surface area contributed by atoms with Crippen molar-refractivity contribution in [3.8, 4) is 11.1 Å². The van der Waals surface area contributed by atoms with Crippen molar-refractivity contribution in [3.05, 3.63) is 104 Å². The molecule has 0 saturated heterocycles. The van der Waals surface area contributed by atoms with Gasteiger partial charge in [-0.2, -0.15) is 11.1 Å². The topological polar surface area (TPSA) is 0 Å². The van der Waals surface area contributed by atoms with Crippen molar-refractivity contribution in [1.82, 2.24) is 0 Å². The second kappa shape index (κ2) is 16.8. The molecule has 4 heteroatoms. The van der Waals surface area contributed by atoms with Gasteiger partial charge in [-0.25, -0.2) is 5.57 Å². The fraction of sp³-hybridized carbons (Fsp3) is 0.222. The summed E-state index contributed by atoms with van der Waals surface area (Å²) >= 11 is 1.36.